The van der Waals surface area contributed by atoms with Crippen molar-refractivity contribution in [2.75, 3.05) is 9.80 Å². The second-order valence-corrected chi connectivity index (χ2v) is 19.4. The number of hydrogen-bond acceptors (Lipinski definition) is 2. The van der Waals surface area contributed by atoms with E-state index >= 15 is 4.39 Å². The van der Waals surface area contributed by atoms with Gasteiger partial charge in [-0.1, -0.05) is 154 Å². The normalized spacial score (nSPS) is 11.6. The van der Waals surface area contributed by atoms with Gasteiger partial charge in [0.1, 0.15) is 5.82 Å². The molecule has 0 unspecified atom stereocenters. The molecule has 0 amide bonds. The van der Waals surface area contributed by atoms with E-state index in [1.807, 2.05) is 0 Å². The average molecular weight is 895 g/mol. The Balaban J connectivity index is 1.22. The molecule has 0 heterocycles. The lowest BCUT2D eigenvalue weighted by Crippen LogP contribution is -2.12. The van der Waals surface area contributed by atoms with Gasteiger partial charge in [-0.05, 0) is 178 Å². The summed E-state index contributed by atoms with van der Waals surface area (Å²) in [5.74, 6) is -0.278. The molecule has 0 atom stereocenters. The van der Waals surface area contributed by atoms with E-state index < -0.39 is 0 Å². The monoisotopic (exact) mass is 894 g/mol. The minimum absolute atomic E-state index is 0.278. The molecule has 11 aromatic carbocycles. The van der Waals surface area contributed by atoms with Crippen molar-refractivity contribution in [3.05, 3.63) is 238 Å². The van der Waals surface area contributed by atoms with Crippen LogP contribution in [0.2, 0.25) is 0 Å². The van der Waals surface area contributed by atoms with Crippen LogP contribution < -0.4 is 9.80 Å². The molecule has 0 spiro atoms. The molecule has 0 saturated heterocycles. The fraction of sp³-hybridized carbons (Fsp3) is 0.121. The maximum absolute atomic E-state index is 17.1. The quantitative estimate of drug-likeness (QED) is 0.140. The van der Waals surface area contributed by atoms with Gasteiger partial charge in [0.05, 0.1) is 11.4 Å². The van der Waals surface area contributed by atoms with E-state index in [0.29, 0.717) is 0 Å². The predicted molar refractivity (Wildman–Crippen MR) is 295 cm³/mol. The first-order valence-corrected chi connectivity index (χ1v) is 24.0. The van der Waals surface area contributed by atoms with Crippen LogP contribution in [0.3, 0.4) is 0 Å². The zero-order valence-corrected chi connectivity index (χ0v) is 40.7. The first kappa shape index (κ1) is 43.6. The zero-order valence-electron chi connectivity index (χ0n) is 40.7. The number of rotatable bonds is 8. The smallest absolute Gasteiger partial charge is 0.124 e. The molecule has 2 nitrogen and oxygen atoms in total. The second kappa shape index (κ2) is 17.3. The van der Waals surface area contributed by atoms with E-state index in [0.717, 1.165) is 122 Å². The van der Waals surface area contributed by atoms with Crippen molar-refractivity contribution < 1.29 is 4.39 Å². The highest BCUT2D eigenvalue weighted by molar-refractivity contribution is 6.25. The first-order valence-electron chi connectivity index (χ1n) is 24.0. The summed E-state index contributed by atoms with van der Waals surface area (Å²) in [6.45, 7) is 17.1. The van der Waals surface area contributed by atoms with Crippen molar-refractivity contribution in [1.82, 2.24) is 0 Å². The maximum Gasteiger partial charge on any atom is 0.124 e. The Labute approximate surface area is 405 Å². The molecule has 0 aliphatic carbocycles. The van der Waals surface area contributed by atoms with Crippen molar-refractivity contribution >= 4 is 77.2 Å². The fourth-order valence-electron chi connectivity index (χ4n) is 10.4. The highest BCUT2D eigenvalue weighted by Gasteiger charge is 2.26. The van der Waals surface area contributed by atoms with E-state index in [9.17, 15) is 0 Å². The predicted octanol–water partition coefficient (Wildman–Crippen LogP) is 19.2. The summed E-state index contributed by atoms with van der Waals surface area (Å²) in [5.41, 5.74) is 19.6. The largest absolute Gasteiger partial charge is 0.309 e. The summed E-state index contributed by atoms with van der Waals surface area (Å²) >= 11 is 0. The maximum atomic E-state index is 17.1. The van der Waals surface area contributed by atoms with Crippen LogP contribution >= 0.6 is 0 Å². The Kier molecular flexibility index (Phi) is 10.9. The van der Waals surface area contributed by atoms with Crippen molar-refractivity contribution in [3.8, 4) is 22.3 Å². The third kappa shape index (κ3) is 7.88. The van der Waals surface area contributed by atoms with Crippen LogP contribution in [0.15, 0.2) is 188 Å². The van der Waals surface area contributed by atoms with Crippen LogP contribution in [0, 0.1) is 61.2 Å². The zero-order chi connectivity index (χ0) is 47.7. The summed E-state index contributed by atoms with van der Waals surface area (Å²) in [6.07, 6.45) is 0. The van der Waals surface area contributed by atoms with Gasteiger partial charge in [0.15, 0.2) is 0 Å². The summed E-state index contributed by atoms with van der Waals surface area (Å²) in [5, 5.41) is 8.68. The number of benzene rings is 11. The lowest BCUT2D eigenvalue weighted by molar-refractivity contribution is 0.629. The highest BCUT2D eigenvalue weighted by Crippen LogP contribution is 2.52. The van der Waals surface area contributed by atoms with Crippen LogP contribution in [0.1, 0.15) is 44.5 Å². The number of hydrogen-bond donors (Lipinski definition) is 0. The van der Waals surface area contributed by atoms with Gasteiger partial charge in [-0.3, -0.25) is 0 Å². The van der Waals surface area contributed by atoms with Gasteiger partial charge < -0.3 is 9.80 Å². The van der Waals surface area contributed by atoms with Crippen molar-refractivity contribution in [1.29, 1.82) is 0 Å². The molecule has 0 bridgehead atoms. The molecular weight excluding hydrogens is 840 g/mol. The molecular formula is C66H55FN2. The minimum atomic E-state index is -0.278. The molecule has 3 heteroatoms. The Morgan fingerprint density at radius 3 is 0.812 bits per heavy atom. The number of halogens is 1. The fourth-order valence-corrected chi connectivity index (χ4v) is 10.4. The number of nitrogens with zero attached hydrogens (tertiary/aromatic N) is 2. The molecule has 0 aliphatic heterocycles. The summed E-state index contributed by atoms with van der Waals surface area (Å²) in [4.78, 5) is 4.81. The van der Waals surface area contributed by atoms with Gasteiger partial charge >= 0.3 is 0 Å². The third-order valence-electron chi connectivity index (χ3n) is 13.9. The molecule has 0 fully saturated rings. The summed E-state index contributed by atoms with van der Waals surface area (Å²) < 4.78 is 17.1. The molecule has 11 rings (SSSR count). The van der Waals surface area contributed by atoms with Gasteiger partial charge in [-0.2, -0.15) is 0 Å². The van der Waals surface area contributed by atoms with Crippen molar-refractivity contribution in [2.45, 2.75) is 55.4 Å². The van der Waals surface area contributed by atoms with Crippen LogP contribution in [-0.2, 0) is 0 Å². The van der Waals surface area contributed by atoms with Gasteiger partial charge in [0.25, 0.3) is 0 Å². The average Bonchev–Trinajstić information content (AvgIpc) is 3.33. The van der Waals surface area contributed by atoms with Crippen LogP contribution in [0.5, 0.6) is 0 Å². The SMILES string of the molecule is Cc1ccc(N(c2ccc(C)cc2)c2c3ccc(C)cc3c(-c3cc(F)cc(-c4c5cc(C)ccc5c(N(c5ccc(C)cc5)c5ccc(C)cc5)c5cc(C)ccc45)c3)c3ccc(C)cc23)cc1. The van der Waals surface area contributed by atoms with Crippen molar-refractivity contribution in [3.63, 3.8) is 0 Å². The van der Waals surface area contributed by atoms with Gasteiger partial charge in [-0.15, -0.1) is 0 Å². The Hall–Kier alpha value is -8.01. The van der Waals surface area contributed by atoms with E-state index in [4.69, 9.17) is 0 Å². The Morgan fingerprint density at radius 2 is 0.507 bits per heavy atom. The number of anilines is 6. The molecule has 0 saturated carbocycles. The molecule has 0 aliphatic rings. The third-order valence-corrected chi connectivity index (χ3v) is 13.9. The Morgan fingerprint density at radius 1 is 0.246 bits per heavy atom. The van der Waals surface area contributed by atoms with E-state index in [2.05, 4.69) is 241 Å². The second-order valence-electron chi connectivity index (χ2n) is 19.4. The van der Waals surface area contributed by atoms with Crippen LogP contribution in [-0.4, -0.2) is 0 Å². The highest BCUT2D eigenvalue weighted by atomic mass is 19.1. The molecule has 0 N–H and O–H groups in total. The minimum Gasteiger partial charge on any atom is -0.309 e. The topological polar surface area (TPSA) is 6.48 Å². The van der Waals surface area contributed by atoms with E-state index in [1.165, 1.54) is 22.3 Å². The molecule has 336 valence electrons. The standard InChI is InChI=1S/C66H55FN2/c1-40-9-21-51(22-10-40)68(52-23-11-41(2)12-24-52)65-57-31-19-44(5)33-59(57)63(55-29-17-46(7)35-61(55)65)48-37-49(39-50(67)38-48)64-56-30-18-47(8)36-62(56)66(58-32-20-45(6)34-60(58)64)69(53-25-13-42(3)14-26-53)54-27-15-43(4)16-28-54/h9-39H,1-8H3. The van der Waals surface area contributed by atoms with E-state index in [-0.39, 0.29) is 5.82 Å². The number of fused-ring (bicyclic) bond motifs is 4. The lowest BCUT2D eigenvalue weighted by atomic mass is 9.85. The van der Waals surface area contributed by atoms with Crippen LogP contribution in [0.25, 0.3) is 65.3 Å². The number of aryl methyl sites for hydroxylation is 8. The molecule has 69 heavy (non-hydrogen) atoms. The van der Waals surface area contributed by atoms with Crippen LogP contribution in [0.4, 0.5) is 38.5 Å². The summed E-state index contributed by atoms with van der Waals surface area (Å²) in [6, 6.07) is 67.9. The summed E-state index contributed by atoms with van der Waals surface area (Å²) in [7, 11) is 0. The Bertz CT molecular complexity index is 3450. The van der Waals surface area contributed by atoms with Crippen molar-refractivity contribution in [2.24, 2.45) is 0 Å². The van der Waals surface area contributed by atoms with E-state index in [1.54, 1.807) is 12.1 Å². The van der Waals surface area contributed by atoms with Gasteiger partial charge in [-0.25, -0.2) is 4.39 Å². The molecule has 0 radical (unpaired) electrons. The van der Waals surface area contributed by atoms with Gasteiger partial charge in [0.2, 0.25) is 0 Å². The molecule has 11 aromatic rings. The first-order chi connectivity index (χ1) is 33.4. The van der Waals surface area contributed by atoms with Gasteiger partial charge in [0, 0.05) is 44.3 Å². The molecule has 0 aromatic heterocycles. The lowest BCUT2D eigenvalue weighted by Gasteiger charge is -2.30.